The number of hydrogen-bond donors (Lipinski definition) is 1. The van der Waals surface area contributed by atoms with Gasteiger partial charge in [0.05, 0.1) is 11.6 Å². The number of rotatable bonds is 6. The molecule has 0 fully saturated rings. The molecule has 0 amide bonds. The van der Waals surface area contributed by atoms with Crippen LogP contribution in [0.2, 0.25) is 0 Å². The summed E-state index contributed by atoms with van der Waals surface area (Å²) in [5.41, 5.74) is -0.469. The van der Waals surface area contributed by atoms with Gasteiger partial charge in [-0.25, -0.2) is 0 Å². The van der Waals surface area contributed by atoms with Gasteiger partial charge in [-0.05, 0) is 34.2 Å². The summed E-state index contributed by atoms with van der Waals surface area (Å²) in [7, 11) is 0. The second-order valence-electron chi connectivity index (χ2n) is 3.94. The lowest BCUT2D eigenvalue weighted by Crippen LogP contribution is -2.48. The molecule has 3 heteroatoms. The number of Topliss-reactive ketones (excluding diaryl/α,β-unsaturated/α-hetero) is 1. The molecule has 0 heterocycles. The number of ketones is 1. The molecular weight excluding hydrogens is 166 g/mol. The van der Waals surface area contributed by atoms with E-state index in [1.165, 1.54) is 0 Å². The van der Waals surface area contributed by atoms with Crippen molar-refractivity contribution in [2.75, 3.05) is 13.2 Å². The Kier molecular flexibility index (Phi) is 5.18. The number of hydrogen-bond acceptors (Lipinski definition) is 3. The molecule has 1 N–H and O–H groups in total. The van der Waals surface area contributed by atoms with Gasteiger partial charge in [0, 0.05) is 0 Å². The molecule has 0 aliphatic heterocycles. The van der Waals surface area contributed by atoms with Crippen molar-refractivity contribution in [3.8, 4) is 0 Å². The Labute approximate surface area is 80.8 Å². The van der Waals surface area contributed by atoms with Crippen molar-refractivity contribution in [1.82, 2.24) is 5.32 Å². The minimum Gasteiger partial charge on any atom is -0.371 e. The van der Waals surface area contributed by atoms with Gasteiger partial charge in [0.1, 0.15) is 6.61 Å². The van der Waals surface area contributed by atoms with Gasteiger partial charge in [0.25, 0.3) is 0 Å². The molecule has 0 saturated heterocycles. The normalized spacial score (nSPS) is 12.2. The zero-order valence-electron chi connectivity index (χ0n) is 9.31. The quantitative estimate of drug-likeness (QED) is 0.682. The van der Waals surface area contributed by atoms with Crippen molar-refractivity contribution < 1.29 is 9.53 Å². The molecule has 0 radical (unpaired) electrons. The van der Waals surface area contributed by atoms with Crippen molar-refractivity contribution >= 4 is 5.78 Å². The Hall–Kier alpha value is -0.410. The van der Waals surface area contributed by atoms with E-state index in [0.29, 0.717) is 0 Å². The molecule has 0 rings (SSSR count). The second-order valence-corrected chi connectivity index (χ2v) is 3.94. The third-order valence-corrected chi connectivity index (χ3v) is 1.86. The molecule has 78 valence electrons. The molecule has 0 unspecified atom stereocenters. The minimum atomic E-state index is -0.469. The van der Waals surface area contributed by atoms with Crippen LogP contribution >= 0.6 is 0 Å². The van der Waals surface area contributed by atoms with Crippen LogP contribution in [0.4, 0.5) is 0 Å². The van der Waals surface area contributed by atoms with Gasteiger partial charge in [-0.1, -0.05) is 6.92 Å². The maximum Gasteiger partial charge on any atom is 0.177 e. The summed E-state index contributed by atoms with van der Waals surface area (Å²) in [6, 6.07) is 0. The SMILES string of the molecule is CCNC(C)(C)C(=O)COC(C)C. The highest BCUT2D eigenvalue weighted by Gasteiger charge is 2.25. The van der Waals surface area contributed by atoms with E-state index >= 15 is 0 Å². The molecular formula is C10H21NO2. The molecule has 0 bridgehead atoms. The van der Waals surface area contributed by atoms with Gasteiger partial charge < -0.3 is 10.1 Å². The van der Waals surface area contributed by atoms with Crippen LogP contribution in [-0.4, -0.2) is 30.6 Å². The summed E-state index contributed by atoms with van der Waals surface area (Å²) in [5.74, 6) is 0.100. The average molecular weight is 187 g/mol. The lowest BCUT2D eigenvalue weighted by molar-refractivity contribution is -0.130. The van der Waals surface area contributed by atoms with E-state index in [2.05, 4.69) is 5.32 Å². The van der Waals surface area contributed by atoms with Crippen molar-refractivity contribution in [2.24, 2.45) is 0 Å². The minimum absolute atomic E-state index is 0.100. The fourth-order valence-electron chi connectivity index (χ4n) is 0.963. The number of carbonyl (C=O) groups excluding carboxylic acids is 1. The van der Waals surface area contributed by atoms with Crippen LogP contribution in [0.3, 0.4) is 0 Å². The molecule has 0 aromatic heterocycles. The highest BCUT2D eigenvalue weighted by molar-refractivity contribution is 5.88. The summed E-state index contributed by atoms with van der Waals surface area (Å²) in [5, 5.41) is 3.12. The van der Waals surface area contributed by atoms with Crippen molar-refractivity contribution in [3.05, 3.63) is 0 Å². The molecule has 0 aliphatic carbocycles. The van der Waals surface area contributed by atoms with Crippen LogP contribution in [0, 0.1) is 0 Å². The van der Waals surface area contributed by atoms with Gasteiger partial charge in [-0.3, -0.25) is 4.79 Å². The molecule has 13 heavy (non-hydrogen) atoms. The van der Waals surface area contributed by atoms with Crippen LogP contribution in [0.5, 0.6) is 0 Å². The Bertz CT molecular complexity index is 164. The predicted molar refractivity (Wildman–Crippen MR) is 53.9 cm³/mol. The summed E-state index contributed by atoms with van der Waals surface area (Å²) >= 11 is 0. The maximum absolute atomic E-state index is 11.6. The summed E-state index contributed by atoms with van der Waals surface area (Å²) in [4.78, 5) is 11.6. The number of nitrogens with one attached hydrogen (secondary N) is 1. The smallest absolute Gasteiger partial charge is 0.177 e. The first-order valence-corrected chi connectivity index (χ1v) is 4.80. The molecule has 0 saturated carbocycles. The van der Waals surface area contributed by atoms with Gasteiger partial charge in [0.15, 0.2) is 5.78 Å². The first kappa shape index (κ1) is 12.6. The Balaban J connectivity index is 3.94. The fraction of sp³-hybridized carbons (Fsp3) is 0.900. The third-order valence-electron chi connectivity index (χ3n) is 1.86. The first-order chi connectivity index (χ1) is 5.90. The van der Waals surface area contributed by atoms with E-state index in [4.69, 9.17) is 4.74 Å². The van der Waals surface area contributed by atoms with Gasteiger partial charge in [0.2, 0.25) is 0 Å². The molecule has 3 nitrogen and oxygen atoms in total. The monoisotopic (exact) mass is 187 g/mol. The van der Waals surface area contributed by atoms with Gasteiger partial charge in [-0.15, -0.1) is 0 Å². The van der Waals surface area contributed by atoms with E-state index in [-0.39, 0.29) is 18.5 Å². The summed E-state index contributed by atoms with van der Waals surface area (Å²) in [6.45, 7) is 10.6. The zero-order valence-corrected chi connectivity index (χ0v) is 9.31. The number of ether oxygens (including phenoxy) is 1. The first-order valence-electron chi connectivity index (χ1n) is 4.80. The Morgan fingerprint density at radius 2 is 2.00 bits per heavy atom. The highest BCUT2D eigenvalue weighted by atomic mass is 16.5. The van der Waals surface area contributed by atoms with E-state index < -0.39 is 5.54 Å². The van der Waals surface area contributed by atoms with Crippen LogP contribution in [0.25, 0.3) is 0 Å². The molecule has 0 aliphatic rings. The molecule has 0 aromatic rings. The predicted octanol–water partition coefficient (Wildman–Crippen LogP) is 1.37. The highest BCUT2D eigenvalue weighted by Crippen LogP contribution is 2.04. The van der Waals surface area contributed by atoms with E-state index in [9.17, 15) is 4.79 Å². The second kappa shape index (κ2) is 5.35. The zero-order chi connectivity index (χ0) is 10.5. The average Bonchev–Trinajstić information content (AvgIpc) is 1.99. The van der Waals surface area contributed by atoms with Crippen LogP contribution in [0.15, 0.2) is 0 Å². The van der Waals surface area contributed by atoms with Crippen molar-refractivity contribution in [3.63, 3.8) is 0 Å². The fourth-order valence-corrected chi connectivity index (χ4v) is 0.963. The van der Waals surface area contributed by atoms with E-state index in [1.54, 1.807) is 0 Å². The Morgan fingerprint density at radius 1 is 1.46 bits per heavy atom. The molecule has 0 spiro atoms. The van der Waals surface area contributed by atoms with Crippen LogP contribution in [-0.2, 0) is 9.53 Å². The van der Waals surface area contributed by atoms with Crippen molar-refractivity contribution in [1.29, 1.82) is 0 Å². The summed E-state index contributed by atoms with van der Waals surface area (Å²) in [6.07, 6.45) is 0.112. The molecule has 0 atom stereocenters. The van der Waals surface area contributed by atoms with Gasteiger partial charge in [-0.2, -0.15) is 0 Å². The van der Waals surface area contributed by atoms with E-state index in [1.807, 2.05) is 34.6 Å². The number of likely N-dealkylation sites (N-methyl/N-ethyl adjacent to an activating group) is 1. The van der Waals surface area contributed by atoms with Gasteiger partial charge >= 0.3 is 0 Å². The van der Waals surface area contributed by atoms with Crippen LogP contribution < -0.4 is 5.32 Å². The summed E-state index contributed by atoms with van der Waals surface area (Å²) < 4.78 is 5.25. The number of carbonyl (C=O) groups is 1. The Morgan fingerprint density at radius 3 is 2.38 bits per heavy atom. The lowest BCUT2D eigenvalue weighted by Gasteiger charge is -2.24. The maximum atomic E-state index is 11.6. The topological polar surface area (TPSA) is 38.3 Å². The van der Waals surface area contributed by atoms with E-state index in [0.717, 1.165) is 6.54 Å². The standard InChI is InChI=1S/C10H21NO2/c1-6-11-10(4,5)9(12)7-13-8(2)3/h8,11H,6-7H2,1-5H3. The molecule has 0 aromatic carbocycles. The van der Waals surface area contributed by atoms with Crippen molar-refractivity contribution in [2.45, 2.75) is 46.3 Å². The van der Waals surface area contributed by atoms with Crippen LogP contribution in [0.1, 0.15) is 34.6 Å². The third kappa shape index (κ3) is 5.01. The largest absolute Gasteiger partial charge is 0.371 e. The lowest BCUT2D eigenvalue weighted by atomic mass is 10.00.